The average molecular weight is 253 g/mol. The lowest BCUT2D eigenvalue weighted by Crippen LogP contribution is -2.33. The zero-order valence-electron chi connectivity index (χ0n) is 10.3. The van der Waals surface area contributed by atoms with Crippen LogP contribution in [0.25, 0.3) is 0 Å². The van der Waals surface area contributed by atoms with Gasteiger partial charge in [0.05, 0.1) is 20.1 Å². The third-order valence-electron chi connectivity index (χ3n) is 2.38. The van der Waals surface area contributed by atoms with Gasteiger partial charge in [0.25, 0.3) is 0 Å². The fraction of sp³-hybridized carbons (Fsp3) is 0.417. The van der Waals surface area contributed by atoms with E-state index in [-0.39, 0.29) is 13.0 Å². The summed E-state index contributed by atoms with van der Waals surface area (Å²) in [5, 5.41) is 10.8. The predicted molar refractivity (Wildman–Crippen MR) is 64.1 cm³/mol. The monoisotopic (exact) mass is 253 g/mol. The van der Waals surface area contributed by atoms with Gasteiger partial charge in [0.15, 0.2) is 0 Å². The minimum Gasteiger partial charge on any atom is -0.497 e. The van der Waals surface area contributed by atoms with Crippen molar-refractivity contribution in [2.45, 2.75) is 19.4 Å². The van der Waals surface area contributed by atoms with Crippen molar-refractivity contribution in [3.8, 4) is 5.75 Å². The highest BCUT2D eigenvalue weighted by Crippen LogP contribution is 2.15. The largest absolute Gasteiger partial charge is 0.497 e. The molecule has 1 aromatic rings. The second-order valence-electron chi connectivity index (χ2n) is 3.61. The third-order valence-corrected chi connectivity index (χ3v) is 2.38. The molecule has 1 rings (SSSR count). The number of hydrogen-bond donors (Lipinski definition) is 0. The number of carbonyl (C=O) groups excluding carboxylic acids is 1. The average Bonchev–Trinajstić information content (AvgIpc) is 2.36. The molecule has 0 aliphatic heterocycles. The number of nitro groups is 1. The van der Waals surface area contributed by atoms with Gasteiger partial charge >= 0.3 is 12.0 Å². The molecular formula is C12H15NO5. The smallest absolute Gasteiger partial charge is 0.382 e. The van der Waals surface area contributed by atoms with Gasteiger partial charge in [-0.15, -0.1) is 0 Å². The molecular weight excluding hydrogens is 238 g/mol. The molecule has 0 saturated heterocycles. The Morgan fingerprint density at radius 2 is 2.22 bits per heavy atom. The van der Waals surface area contributed by atoms with E-state index in [1.165, 1.54) is 7.11 Å². The van der Waals surface area contributed by atoms with Crippen molar-refractivity contribution in [3.63, 3.8) is 0 Å². The first kappa shape index (κ1) is 14.0. The van der Waals surface area contributed by atoms with Crippen molar-refractivity contribution in [1.82, 2.24) is 0 Å². The second kappa shape index (κ2) is 6.58. The molecule has 1 aromatic carbocycles. The summed E-state index contributed by atoms with van der Waals surface area (Å²) in [5.41, 5.74) is 0.657. The van der Waals surface area contributed by atoms with Gasteiger partial charge in [-0.1, -0.05) is 12.1 Å². The molecule has 0 fully saturated rings. The van der Waals surface area contributed by atoms with Gasteiger partial charge in [0.1, 0.15) is 5.75 Å². The van der Waals surface area contributed by atoms with E-state index in [1.54, 1.807) is 31.2 Å². The van der Waals surface area contributed by atoms with Crippen LogP contribution in [-0.2, 0) is 16.0 Å². The van der Waals surface area contributed by atoms with Gasteiger partial charge in [0, 0.05) is 4.92 Å². The predicted octanol–water partition coefficient (Wildman–Crippen LogP) is 1.45. The lowest BCUT2D eigenvalue weighted by atomic mass is 10.1. The Morgan fingerprint density at radius 3 is 2.78 bits per heavy atom. The number of rotatable bonds is 6. The zero-order chi connectivity index (χ0) is 13.5. The van der Waals surface area contributed by atoms with E-state index < -0.39 is 16.9 Å². The molecule has 0 aliphatic rings. The summed E-state index contributed by atoms with van der Waals surface area (Å²) in [6.45, 7) is 1.74. The van der Waals surface area contributed by atoms with Crippen LogP contribution in [0.4, 0.5) is 0 Å². The van der Waals surface area contributed by atoms with E-state index in [2.05, 4.69) is 4.74 Å². The maximum atomic E-state index is 11.4. The summed E-state index contributed by atoms with van der Waals surface area (Å²) in [5.74, 6) is -0.219. The van der Waals surface area contributed by atoms with Crippen molar-refractivity contribution in [2.75, 3.05) is 13.7 Å². The fourth-order valence-electron chi connectivity index (χ4n) is 1.51. The highest BCUT2D eigenvalue weighted by atomic mass is 16.6. The first-order chi connectivity index (χ1) is 8.58. The Kier molecular flexibility index (Phi) is 5.10. The van der Waals surface area contributed by atoms with Gasteiger partial charge in [-0.25, -0.2) is 4.79 Å². The molecule has 0 N–H and O–H groups in total. The van der Waals surface area contributed by atoms with Crippen LogP contribution in [0.15, 0.2) is 24.3 Å². The fourth-order valence-corrected chi connectivity index (χ4v) is 1.51. The van der Waals surface area contributed by atoms with Crippen LogP contribution < -0.4 is 4.74 Å². The normalized spacial score (nSPS) is 11.7. The minimum atomic E-state index is -1.38. The van der Waals surface area contributed by atoms with Crippen LogP contribution in [0, 0.1) is 10.1 Å². The molecule has 6 heteroatoms. The molecule has 0 aliphatic carbocycles. The summed E-state index contributed by atoms with van der Waals surface area (Å²) >= 11 is 0. The summed E-state index contributed by atoms with van der Waals surface area (Å²) in [6.07, 6.45) is -0.0109. The highest BCUT2D eigenvalue weighted by molar-refractivity contribution is 5.74. The van der Waals surface area contributed by atoms with E-state index in [9.17, 15) is 14.9 Å². The topological polar surface area (TPSA) is 78.7 Å². The molecule has 0 amide bonds. The SMILES string of the molecule is CCOC(=O)C(Cc1cccc(OC)c1)[N+](=O)[O-]. The van der Waals surface area contributed by atoms with Crippen molar-refractivity contribution in [3.05, 3.63) is 39.9 Å². The molecule has 1 unspecified atom stereocenters. The number of esters is 1. The van der Waals surface area contributed by atoms with E-state index >= 15 is 0 Å². The maximum Gasteiger partial charge on any atom is 0.382 e. The van der Waals surface area contributed by atoms with Crippen molar-refractivity contribution >= 4 is 5.97 Å². The Balaban J connectivity index is 2.82. The number of methoxy groups -OCH3 is 1. The molecule has 6 nitrogen and oxygen atoms in total. The third kappa shape index (κ3) is 3.73. The first-order valence-electron chi connectivity index (χ1n) is 5.51. The molecule has 0 radical (unpaired) electrons. The van der Waals surface area contributed by atoms with Crippen molar-refractivity contribution in [1.29, 1.82) is 0 Å². The number of benzene rings is 1. The molecule has 0 bridgehead atoms. The Bertz CT molecular complexity index is 432. The minimum absolute atomic E-state index is 0.0109. The molecule has 1 atom stereocenters. The van der Waals surface area contributed by atoms with Gasteiger partial charge in [-0.3, -0.25) is 10.1 Å². The molecule has 0 aromatic heterocycles. The number of nitrogens with zero attached hydrogens (tertiary/aromatic N) is 1. The quantitative estimate of drug-likeness (QED) is 0.435. The molecule has 18 heavy (non-hydrogen) atoms. The molecule has 0 spiro atoms. The lowest BCUT2D eigenvalue weighted by Gasteiger charge is -2.09. The van der Waals surface area contributed by atoms with Gasteiger partial charge < -0.3 is 9.47 Å². The summed E-state index contributed by atoms with van der Waals surface area (Å²) in [6, 6.07) is 5.44. The van der Waals surface area contributed by atoms with Crippen LogP contribution in [-0.4, -0.2) is 30.7 Å². The Labute approximate surface area is 105 Å². The van der Waals surface area contributed by atoms with E-state index in [0.29, 0.717) is 11.3 Å². The number of hydrogen-bond acceptors (Lipinski definition) is 5. The van der Waals surface area contributed by atoms with Crippen molar-refractivity contribution in [2.24, 2.45) is 0 Å². The van der Waals surface area contributed by atoms with Crippen LogP contribution in [0.3, 0.4) is 0 Å². The van der Waals surface area contributed by atoms with Gasteiger partial charge in [0.2, 0.25) is 0 Å². The van der Waals surface area contributed by atoms with Crippen LogP contribution in [0.2, 0.25) is 0 Å². The first-order valence-corrected chi connectivity index (χ1v) is 5.51. The van der Waals surface area contributed by atoms with Crippen LogP contribution in [0.5, 0.6) is 5.75 Å². The number of ether oxygens (including phenoxy) is 2. The summed E-state index contributed by atoms with van der Waals surface area (Å²) in [4.78, 5) is 21.7. The lowest BCUT2D eigenvalue weighted by molar-refractivity contribution is -0.510. The van der Waals surface area contributed by atoms with Crippen LogP contribution >= 0.6 is 0 Å². The summed E-state index contributed by atoms with van der Waals surface area (Å²) < 4.78 is 9.70. The highest BCUT2D eigenvalue weighted by Gasteiger charge is 2.31. The van der Waals surface area contributed by atoms with E-state index in [4.69, 9.17) is 4.74 Å². The van der Waals surface area contributed by atoms with Crippen LogP contribution in [0.1, 0.15) is 12.5 Å². The van der Waals surface area contributed by atoms with Gasteiger partial charge in [-0.05, 0) is 24.6 Å². The second-order valence-corrected chi connectivity index (χ2v) is 3.61. The Hall–Kier alpha value is -2.11. The van der Waals surface area contributed by atoms with E-state index in [0.717, 1.165) is 0 Å². The van der Waals surface area contributed by atoms with E-state index in [1.807, 2.05) is 0 Å². The van der Waals surface area contributed by atoms with Gasteiger partial charge in [-0.2, -0.15) is 0 Å². The number of carbonyl (C=O) groups is 1. The molecule has 98 valence electrons. The standard InChI is InChI=1S/C12H15NO5/c1-3-18-12(14)11(13(15)16)8-9-5-4-6-10(7-9)17-2/h4-7,11H,3,8H2,1-2H3. The maximum absolute atomic E-state index is 11.4. The van der Waals surface area contributed by atoms with Crippen molar-refractivity contribution < 1.29 is 19.2 Å². The zero-order valence-corrected chi connectivity index (χ0v) is 10.3. The molecule has 0 heterocycles. The summed E-state index contributed by atoms with van der Waals surface area (Å²) in [7, 11) is 1.51. The Morgan fingerprint density at radius 1 is 1.50 bits per heavy atom. The molecule has 0 saturated carbocycles.